The largest absolute Gasteiger partial charge is 0.482 e. The van der Waals surface area contributed by atoms with Gasteiger partial charge in [-0.2, -0.15) is 0 Å². The summed E-state index contributed by atoms with van der Waals surface area (Å²) in [6, 6.07) is 19.4. The molecular formula is C25H27NO5. The maximum absolute atomic E-state index is 10.7. The van der Waals surface area contributed by atoms with E-state index in [0.29, 0.717) is 24.7 Å². The molecule has 0 radical (unpaired) electrons. The first-order valence-corrected chi connectivity index (χ1v) is 10.2. The molecule has 0 fully saturated rings. The smallest absolute Gasteiger partial charge is 0.341 e. The van der Waals surface area contributed by atoms with Crippen LogP contribution in [-0.2, 0) is 9.53 Å². The molecule has 0 bridgehead atoms. The molecule has 1 unspecified atom stereocenters. The van der Waals surface area contributed by atoms with E-state index in [9.17, 15) is 4.79 Å². The predicted molar refractivity (Wildman–Crippen MR) is 119 cm³/mol. The summed E-state index contributed by atoms with van der Waals surface area (Å²) >= 11 is 0. The second kappa shape index (κ2) is 10.6. The van der Waals surface area contributed by atoms with E-state index in [1.807, 2.05) is 38.1 Å². The SMILES string of the molecule is CCOCC(Oc1ccc(OCC(=O)O)c(C)c1)c1cccc(-c2ccc(C)cc2)n1. The number of aryl methyl sites for hydroxylation is 2. The fourth-order valence-electron chi connectivity index (χ4n) is 3.08. The van der Waals surface area contributed by atoms with Gasteiger partial charge in [-0.1, -0.05) is 35.9 Å². The third-order valence-electron chi connectivity index (χ3n) is 4.70. The van der Waals surface area contributed by atoms with E-state index in [1.54, 1.807) is 12.1 Å². The molecule has 6 heteroatoms. The van der Waals surface area contributed by atoms with Gasteiger partial charge in [0.1, 0.15) is 11.5 Å². The molecule has 2 aromatic carbocycles. The zero-order valence-electron chi connectivity index (χ0n) is 18.0. The van der Waals surface area contributed by atoms with Crippen LogP contribution in [0.1, 0.15) is 29.8 Å². The van der Waals surface area contributed by atoms with Crippen LogP contribution in [0, 0.1) is 13.8 Å². The van der Waals surface area contributed by atoms with Gasteiger partial charge in [-0.25, -0.2) is 9.78 Å². The topological polar surface area (TPSA) is 77.9 Å². The Morgan fingerprint density at radius 3 is 2.52 bits per heavy atom. The van der Waals surface area contributed by atoms with Gasteiger partial charge in [0.05, 0.1) is 18.0 Å². The summed E-state index contributed by atoms with van der Waals surface area (Å²) in [5.74, 6) is 0.124. The zero-order chi connectivity index (χ0) is 22.2. The molecule has 1 aromatic heterocycles. The zero-order valence-corrected chi connectivity index (χ0v) is 18.0. The Bertz CT molecular complexity index is 1020. The summed E-state index contributed by atoms with van der Waals surface area (Å²) in [4.78, 5) is 15.5. The minimum Gasteiger partial charge on any atom is -0.482 e. The van der Waals surface area contributed by atoms with Crippen molar-refractivity contribution < 1.29 is 24.1 Å². The van der Waals surface area contributed by atoms with Crippen molar-refractivity contribution in [2.75, 3.05) is 19.8 Å². The summed E-state index contributed by atoms with van der Waals surface area (Å²) in [5, 5.41) is 8.80. The van der Waals surface area contributed by atoms with Gasteiger partial charge < -0.3 is 19.3 Å². The monoisotopic (exact) mass is 421 g/mol. The molecule has 0 spiro atoms. The number of rotatable bonds is 10. The van der Waals surface area contributed by atoms with Crippen molar-refractivity contribution in [3.63, 3.8) is 0 Å². The van der Waals surface area contributed by atoms with Crippen LogP contribution < -0.4 is 9.47 Å². The van der Waals surface area contributed by atoms with E-state index in [4.69, 9.17) is 24.3 Å². The number of aromatic nitrogens is 1. The normalized spacial score (nSPS) is 11.7. The third-order valence-corrected chi connectivity index (χ3v) is 4.70. The van der Waals surface area contributed by atoms with E-state index >= 15 is 0 Å². The highest BCUT2D eigenvalue weighted by Crippen LogP contribution is 2.28. The van der Waals surface area contributed by atoms with E-state index in [0.717, 1.165) is 22.5 Å². The van der Waals surface area contributed by atoms with Crippen LogP contribution in [0.3, 0.4) is 0 Å². The van der Waals surface area contributed by atoms with Crippen molar-refractivity contribution in [2.24, 2.45) is 0 Å². The Labute approximate surface area is 182 Å². The van der Waals surface area contributed by atoms with Crippen LogP contribution in [0.25, 0.3) is 11.3 Å². The fraction of sp³-hybridized carbons (Fsp3) is 0.280. The van der Waals surface area contributed by atoms with Gasteiger partial charge in [0.25, 0.3) is 0 Å². The van der Waals surface area contributed by atoms with Crippen LogP contribution in [0.4, 0.5) is 0 Å². The second-order valence-corrected chi connectivity index (χ2v) is 7.19. The van der Waals surface area contributed by atoms with Crippen molar-refractivity contribution >= 4 is 5.97 Å². The number of pyridine rings is 1. The van der Waals surface area contributed by atoms with Gasteiger partial charge in [0, 0.05) is 12.2 Å². The molecule has 1 N–H and O–H groups in total. The molecule has 3 aromatic rings. The van der Waals surface area contributed by atoms with Gasteiger partial charge in [0.15, 0.2) is 12.7 Å². The molecule has 6 nitrogen and oxygen atoms in total. The molecule has 0 aliphatic rings. The van der Waals surface area contributed by atoms with E-state index < -0.39 is 12.1 Å². The number of ether oxygens (including phenoxy) is 3. The number of carboxylic acid groups (broad SMARTS) is 1. The standard InChI is InChI=1S/C25H27NO5/c1-4-29-15-24(31-20-12-13-23(18(3)14-20)30-16-25(27)28)22-7-5-6-21(26-22)19-10-8-17(2)9-11-19/h5-14,24H,4,15-16H2,1-3H3,(H,27,28). The van der Waals surface area contributed by atoms with Gasteiger partial charge in [-0.05, 0) is 56.7 Å². The second-order valence-electron chi connectivity index (χ2n) is 7.19. The lowest BCUT2D eigenvalue weighted by Gasteiger charge is -2.20. The molecule has 0 aliphatic heterocycles. The molecule has 31 heavy (non-hydrogen) atoms. The molecule has 0 saturated carbocycles. The molecule has 3 rings (SSSR count). The van der Waals surface area contributed by atoms with Gasteiger partial charge in [-0.15, -0.1) is 0 Å². The molecule has 1 heterocycles. The van der Waals surface area contributed by atoms with Crippen molar-refractivity contribution in [3.05, 3.63) is 77.5 Å². The number of hydrogen-bond acceptors (Lipinski definition) is 5. The Kier molecular flexibility index (Phi) is 7.62. The first-order chi connectivity index (χ1) is 15.0. The van der Waals surface area contributed by atoms with Crippen LogP contribution in [-0.4, -0.2) is 35.9 Å². The van der Waals surface area contributed by atoms with Crippen LogP contribution in [0.5, 0.6) is 11.5 Å². The van der Waals surface area contributed by atoms with Gasteiger partial charge >= 0.3 is 5.97 Å². The molecular weight excluding hydrogens is 394 g/mol. The van der Waals surface area contributed by atoms with Gasteiger partial charge in [0.2, 0.25) is 0 Å². The summed E-state index contributed by atoms with van der Waals surface area (Å²) in [5.41, 5.74) is 4.67. The van der Waals surface area contributed by atoms with Gasteiger partial charge in [-0.3, -0.25) is 0 Å². The first-order valence-electron chi connectivity index (χ1n) is 10.2. The van der Waals surface area contributed by atoms with E-state index in [1.165, 1.54) is 5.56 Å². The highest BCUT2D eigenvalue weighted by molar-refractivity contribution is 5.68. The Hall–Kier alpha value is -3.38. The maximum Gasteiger partial charge on any atom is 0.341 e. The summed E-state index contributed by atoms with van der Waals surface area (Å²) in [6.45, 7) is 6.38. The van der Waals surface area contributed by atoms with Crippen molar-refractivity contribution in [3.8, 4) is 22.8 Å². The Morgan fingerprint density at radius 2 is 1.84 bits per heavy atom. The average molecular weight is 421 g/mol. The molecule has 0 amide bonds. The minimum absolute atomic E-state index is 0.358. The van der Waals surface area contributed by atoms with Crippen LogP contribution in [0.2, 0.25) is 0 Å². The third kappa shape index (κ3) is 6.30. The summed E-state index contributed by atoms with van der Waals surface area (Å²) in [6.07, 6.45) is -0.393. The first kappa shape index (κ1) is 22.3. The Balaban J connectivity index is 1.82. The minimum atomic E-state index is -1.02. The fourth-order valence-corrected chi connectivity index (χ4v) is 3.08. The quantitative estimate of drug-likeness (QED) is 0.497. The lowest BCUT2D eigenvalue weighted by atomic mass is 10.1. The molecule has 1 atom stereocenters. The van der Waals surface area contributed by atoms with E-state index in [-0.39, 0.29) is 6.61 Å². The molecule has 162 valence electrons. The number of nitrogens with zero attached hydrogens (tertiary/aromatic N) is 1. The van der Waals surface area contributed by atoms with Crippen molar-refractivity contribution in [1.82, 2.24) is 4.98 Å². The van der Waals surface area contributed by atoms with Crippen molar-refractivity contribution in [2.45, 2.75) is 26.9 Å². The Morgan fingerprint density at radius 1 is 1.06 bits per heavy atom. The number of hydrogen-bond donors (Lipinski definition) is 1. The maximum atomic E-state index is 10.7. The van der Waals surface area contributed by atoms with Crippen molar-refractivity contribution in [1.29, 1.82) is 0 Å². The number of aliphatic carboxylic acids is 1. The summed E-state index contributed by atoms with van der Waals surface area (Å²) in [7, 11) is 0. The highest BCUT2D eigenvalue weighted by Gasteiger charge is 2.17. The molecule has 0 saturated heterocycles. The highest BCUT2D eigenvalue weighted by atomic mass is 16.5. The van der Waals surface area contributed by atoms with E-state index in [2.05, 4.69) is 31.2 Å². The van der Waals surface area contributed by atoms with Crippen LogP contribution >= 0.6 is 0 Å². The number of carboxylic acids is 1. The molecule has 0 aliphatic carbocycles. The lowest BCUT2D eigenvalue weighted by Crippen LogP contribution is -2.16. The lowest BCUT2D eigenvalue weighted by molar-refractivity contribution is -0.139. The summed E-state index contributed by atoms with van der Waals surface area (Å²) < 4.78 is 17.2. The number of benzene rings is 2. The predicted octanol–water partition coefficient (Wildman–Crippen LogP) is 4.99. The van der Waals surface area contributed by atoms with Crippen LogP contribution in [0.15, 0.2) is 60.7 Å². The number of carbonyl (C=O) groups is 1. The average Bonchev–Trinajstić information content (AvgIpc) is 2.76.